The predicted molar refractivity (Wildman–Crippen MR) is 58.3 cm³/mol. The molecule has 2 rings (SSSR count). The average molecular weight is 238 g/mol. The van der Waals surface area contributed by atoms with E-state index in [2.05, 4.69) is 5.10 Å². The van der Waals surface area contributed by atoms with Crippen LogP contribution in [0.2, 0.25) is 0 Å². The standard InChI is InChI=1S/C11H14N2O4/c1-11(2)8(3-4-17-11)13-5-7(6-14)9(12-13)10(15)16/h5-6,8H,3-4H2,1-2H3,(H,15,16). The van der Waals surface area contributed by atoms with E-state index in [0.29, 0.717) is 12.9 Å². The molecule has 1 aromatic rings. The smallest absolute Gasteiger partial charge is 0.357 e. The highest BCUT2D eigenvalue weighted by Gasteiger charge is 2.38. The first-order valence-corrected chi connectivity index (χ1v) is 5.37. The Bertz CT molecular complexity index is 464. The molecule has 1 saturated heterocycles. The number of nitrogens with zero attached hydrogens (tertiary/aromatic N) is 2. The largest absolute Gasteiger partial charge is 0.476 e. The number of aromatic nitrogens is 2. The number of aromatic carboxylic acids is 1. The molecule has 1 N–H and O–H groups in total. The molecule has 1 fully saturated rings. The van der Waals surface area contributed by atoms with Gasteiger partial charge in [-0.3, -0.25) is 9.48 Å². The molecule has 1 aliphatic rings. The van der Waals surface area contributed by atoms with E-state index in [4.69, 9.17) is 9.84 Å². The molecule has 0 aromatic carbocycles. The van der Waals surface area contributed by atoms with Crippen molar-refractivity contribution in [1.82, 2.24) is 9.78 Å². The van der Waals surface area contributed by atoms with Crippen LogP contribution in [0.25, 0.3) is 0 Å². The normalized spacial score (nSPS) is 22.6. The van der Waals surface area contributed by atoms with E-state index in [-0.39, 0.29) is 17.3 Å². The number of ether oxygens (including phenoxy) is 1. The second-order valence-corrected chi connectivity index (χ2v) is 4.59. The first-order chi connectivity index (χ1) is 7.95. The molecular formula is C11H14N2O4. The van der Waals surface area contributed by atoms with Gasteiger partial charge >= 0.3 is 5.97 Å². The second kappa shape index (κ2) is 3.96. The fourth-order valence-corrected chi connectivity index (χ4v) is 2.15. The number of aldehydes is 1. The Morgan fingerprint density at radius 1 is 1.71 bits per heavy atom. The summed E-state index contributed by atoms with van der Waals surface area (Å²) in [5, 5.41) is 12.9. The summed E-state index contributed by atoms with van der Waals surface area (Å²) < 4.78 is 7.08. The van der Waals surface area contributed by atoms with Crippen LogP contribution in [0.15, 0.2) is 6.20 Å². The predicted octanol–water partition coefficient (Wildman–Crippen LogP) is 1.13. The molecule has 92 valence electrons. The summed E-state index contributed by atoms with van der Waals surface area (Å²) in [6.45, 7) is 4.46. The molecule has 17 heavy (non-hydrogen) atoms. The lowest BCUT2D eigenvalue weighted by molar-refractivity contribution is 0.0116. The lowest BCUT2D eigenvalue weighted by Gasteiger charge is -2.25. The van der Waals surface area contributed by atoms with Gasteiger partial charge in [-0.05, 0) is 20.3 Å². The van der Waals surface area contributed by atoms with Crippen LogP contribution in [-0.4, -0.2) is 39.4 Å². The third-order valence-corrected chi connectivity index (χ3v) is 3.08. The highest BCUT2D eigenvalue weighted by molar-refractivity contribution is 5.95. The van der Waals surface area contributed by atoms with Gasteiger partial charge in [0.15, 0.2) is 12.0 Å². The summed E-state index contributed by atoms with van der Waals surface area (Å²) in [7, 11) is 0. The van der Waals surface area contributed by atoms with Crippen molar-refractivity contribution in [3.63, 3.8) is 0 Å². The molecule has 0 saturated carbocycles. The van der Waals surface area contributed by atoms with Gasteiger partial charge in [0.25, 0.3) is 0 Å². The Kier molecular flexibility index (Phi) is 2.74. The number of hydrogen-bond acceptors (Lipinski definition) is 4. The van der Waals surface area contributed by atoms with Gasteiger partial charge in [0, 0.05) is 12.8 Å². The van der Waals surface area contributed by atoms with Crippen LogP contribution in [-0.2, 0) is 4.74 Å². The molecule has 6 nitrogen and oxygen atoms in total. The van der Waals surface area contributed by atoms with Crippen molar-refractivity contribution in [3.05, 3.63) is 17.5 Å². The highest BCUT2D eigenvalue weighted by Crippen LogP contribution is 2.35. The summed E-state index contributed by atoms with van der Waals surface area (Å²) in [4.78, 5) is 21.7. The Morgan fingerprint density at radius 3 is 2.82 bits per heavy atom. The van der Waals surface area contributed by atoms with Crippen LogP contribution in [0, 0.1) is 0 Å². The van der Waals surface area contributed by atoms with E-state index in [1.165, 1.54) is 10.9 Å². The van der Waals surface area contributed by atoms with Crippen LogP contribution >= 0.6 is 0 Å². The Balaban J connectivity index is 2.40. The maximum absolute atomic E-state index is 10.9. The van der Waals surface area contributed by atoms with Gasteiger partial charge < -0.3 is 9.84 Å². The van der Waals surface area contributed by atoms with Crippen LogP contribution in [0.4, 0.5) is 0 Å². The molecule has 1 atom stereocenters. The molecule has 0 radical (unpaired) electrons. The van der Waals surface area contributed by atoms with Crippen molar-refractivity contribution in [3.8, 4) is 0 Å². The third-order valence-electron chi connectivity index (χ3n) is 3.08. The van der Waals surface area contributed by atoms with Gasteiger partial charge in [0.1, 0.15) is 0 Å². The minimum Gasteiger partial charge on any atom is -0.476 e. The lowest BCUT2D eigenvalue weighted by Crippen LogP contribution is -2.30. The number of carbonyl (C=O) groups excluding carboxylic acids is 1. The number of carboxylic acid groups (broad SMARTS) is 1. The van der Waals surface area contributed by atoms with E-state index in [1.807, 2.05) is 13.8 Å². The van der Waals surface area contributed by atoms with Gasteiger partial charge in [-0.15, -0.1) is 0 Å². The summed E-state index contributed by atoms with van der Waals surface area (Å²) in [6.07, 6.45) is 2.74. The van der Waals surface area contributed by atoms with Crippen LogP contribution < -0.4 is 0 Å². The summed E-state index contributed by atoms with van der Waals surface area (Å²) in [5.74, 6) is -1.19. The zero-order valence-electron chi connectivity index (χ0n) is 9.71. The van der Waals surface area contributed by atoms with Crippen molar-refractivity contribution in [2.24, 2.45) is 0 Å². The summed E-state index contributed by atoms with van der Waals surface area (Å²) in [6, 6.07) is -0.0469. The van der Waals surface area contributed by atoms with Crippen molar-refractivity contribution in [2.45, 2.75) is 31.9 Å². The van der Waals surface area contributed by atoms with E-state index in [0.717, 1.165) is 6.42 Å². The van der Waals surface area contributed by atoms with Gasteiger partial charge in [-0.2, -0.15) is 5.10 Å². The fourth-order valence-electron chi connectivity index (χ4n) is 2.15. The minimum atomic E-state index is -1.19. The van der Waals surface area contributed by atoms with E-state index < -0.39 is 11.6 Å². The van der Waals surface area contributed by atoms with Gasteiger partial charge in [0.2, 0.25) is 0 Å². The van der Waals surface area contributed by atoms with Crippen molar-refractivity contribution in [1.29, 1.82) is 0 Å². The fraction of sp³-hybridized carbons (Fsp3) is 0.545. The molecule has 2 heterocycles. The first kappa shape index (κ1) is 11.8. The monoisotopic (exact) mass is 238 g/mol. The van der Waals surface area contributed by atoms with Crippen LogP contribution in [0.3, 0.4) is 0 Å². The van der Waals surface area contributed by atoms with Gasteiger partial charge in [-0.1, -0.05) is 0 Å². The Hall–Kier alpha value is -1.69. The minimum absolute atomic E-state index is 0.0469. The Labute approximate surface area is 98.2 Å². The first-order valence-electron chi connectivity index (χ1n) is 5.37. The van der Waals surface area contributed by atoms with Crippen molar-refractivity contribution >= 4 is 12.3 Å². The highest BCUT2D eigenvalue weighted by atomic mass is 16.5. The molecule has 0 bridgehead atoms. The molecule has 0 aliphatic carbocycles. The number of rotatable bonds is 3. The number of carbonyl (C=O) groups is 2. The van der Waals surface area contributed by atoms with Crippen LogP contribution in [0.5, 0.6) is 0 Å². The summed E-state index contributed by atoms with van der Waals surface area (Å²) in [5.41, 5.74) is -0.509. The van der Waals surface area contributed by atoms with Gasteiger partial charge in [-0.25, -0.2) is 4.79 Å². The second-order valence-electron chi connectivity index (χ2n) is 4.59. The molecule has 1 aromatic heterocycles. The van der Waals surface area contributed by atoms with Crippen LogP contribution in [0.1, 0.15) is 47.2 Å². The lowest BCUT2D eigenvalue weighted by atomic mass is 9.99. The molecular weight excluding hydrogens is 224 g/mol. The zero-order valence-corrected chi connectivity index (χ0v) is 9.71. The van der Waals surface area contributed by atoms with E-state index in [1.54, 1.807) is 0 Å². The SMILES string of the molecule is CC1(C)OCCC1n1cc(C=O)c(C(=O)O)n1. The molecule has 1 aliphatic heterocycles. The number of carboxylic acids is 1. The average Bonchev–Trinajstić information content (AvgIpc) is 2.80. The molecule has 6 heteroatoms. The van der Waals surface area contributed by atoms with Gasteiger partial charge in [0.05, 0.1) is 17.2 Å². The maximum Gasteiger partial charge on any atom is 0.357 e. The summed E-state index contributed by atoms with van der Waals surface area (Å²) >= 11 is 0. The Morgan fingerprint density at radius 2 is 2.41 bits per heavy atom. The molecule has 1 unspecified atom stereocenters. The maximum atomic E-state index is 10.9. The molecule has 0 amide bonds. The quantitative estimate of drug-likeness (QED) is 0.798. The number of hydrogen-bond donors (Lipinski definition) is 1. The van der Waals surface area contributed by atoms with Crippen molar-refractivity contribution in [2.75, 3.05) is 6.61 Å². The molecule has 0 spiro atoms. The van der Waals surface area contributed by atoms with E-state index in [9.17, 15) is 9.59 Å². The topological polar surface area (TPSA) is 81.4 Å². The van der Waals surface area contributed by atoms with Crippen molar-refractivity contribution < 1.29 is 19.4 Å². The zero-order chi connectivity index (χ0) is 12.6. The van der Waals surface area contributed by atoms with E-state index >= 15 is 0 Å². The third kappa shape index (κ3) is 1.95.